The summed E-state index contributed by atoms with van der Waals surface area (Å²) in [4.78, 5) is 6.96. The highest BCUT2D eigenvalue weighted by atomic mass is 15.1. The molecule has 3 heteroatoms. The number of hydrogen-bond acceptors (Lipinski definition) is 3. The molecule has 106 valence electrons. The molecule has 1 aliphatic rings. The van der Waals surface area contributed by atoms with Gasteiger partial charge >= 0.3 is 0 Å². The van der Waals surface area contributed by atoms with Gasteiger partial charge in [-0.1, -0.05) is 19.1 Å². The Labute approximate surface area is 121 Å². The summed E-state index contributed by atoms with van der Waals surface area (Å²) in [6, 6.07) is 9.33. The van der Waals surface area contributed by atoms with E-state index in [4.69, 9.17) is 0 Å². The van der Waals surface area contributed by atoms with Crippen LogP contribution in [0.25, 0.3) is 10.8 Å². The highest BCUT2D eigenvalue weighted by Gasteiger charge is 2.17. The largest absolute Gasteiger partial charge is 0.367 e. The minimum atomic E-state index is 0.551. The third kappa shape index (κ3) is 2.78. The molecule has 1 fully saturated rings. The first-order valence-electron chi connectivity index (χ1n) is 7.59. The molecule has 1 aromatic heterocycles. The minimum absolute atomic E-state index is 0.551. The van der Waals surface area contributed by atoms with Gasteiger partial charge in [0.2, 0.25) is 0 Å². The van der Waals surface area contributed by atoms with Crippen LogP contribution in [0.4, 0.5) is 5.82 Å². The molecule has 0 radical (unpaired) electrons. The molecule has 0 unspecified atom stereocenters. The van der Waals surface area contributed by atoms with Gasteiger partial charge in [-0.05, 0) is 62.5 Å². The van der Waals surface area contributed by atoms with Crippen molar-refractivity contribution in [3.63, 3.8) is 0 Å². The van der Waals surface area contributed by atoms with E-state index < -0.39 is 0 Å². The van der Waals surface area contributed by atoms with Crippen LogP contribution in [0.15, 0.2) is 30.5 Å². The fraction of sp³-hybridized carbons (Fsp3) is 0.471. The summed E-state index contributed by atoms with van der Waals surface area (Å²) in [5.74, 6) is 1.05. The summed E-state index contributed by atoms with van der Waals surface area (Å²) < 4.78 is 0. The number of hydrogen-bond donors (Lipinski definition) is 1. The van der Waals surface area contributed by atoms with Gasteiger partial charge in [-0.3, -0.25) is 0 Å². The van der Waals surface area contributed by atoms with Crippen molar-refractivity contribution in [1.82, 2.24) is 9.88 Å². The summed E-state index contributed by atoms with van der Waals surface area (Å²) in [7, 11) is 2.19. The number of pyridine rings is 1. The van der Waals surface area contributed by atoms with Crippen molar-refractivity contribution in [2.45, 2.75) is 32.2 Å². The Bertz CT molecular complexity index is 586. The molecular formula is C17H23N3. The average Bonchev–Trinajstić information content (AvgIpc) is 2.49. The molecule has 0 aliphatic carbocycles. The van der Waals surface area contributed by atoms with Crippen LogP contribution in [0.5, 0.6) is 0 Å². The van der Waals surface area contributed by atoms with Crippen LogP contribution in [0.2, 0.25) is 0 Å². The van der Waals surface area contributed by atoms with E-state index in [1.807, 2.05) is 6.20 Å². The molecule has 1 N–H and O–H groups in total. The quantitative estimate of drug-likeness (QED) is 0.926. The molecule has 3 rings (SSSR count). The van der Waals surface area contributed by atoms with Crippen LogP contribution in [0.1, 0.15) is 25.3 Å². The Hall–Kier alpha value is -1.61. The van der Waals surface area contributed by atoms with Gasteiger partial charge in [0.15, 0.2) is 0 Å². The maximum Gasteiger partial charge on any atom is 0.134 e. The summed E-state index contributed by atoms with van der Waals surface area (Å²) in [6.45, 7) is 4.53. The third-order valence-corrected chi connectivity index (χ3v) is 4.30. The fourth-order valence-corrected chi connectivity index (χ4v) is 2.90. The van der Waals surface area contributed by atoms with Crippen LogP contribution >= 0.6 is 0 Å². The Morgan fingerprint density at radius 2 is 2.05 bits per heavy atom. The number of benzene rings is 1. The van der Waals surface area contributed by atoms with Gasteiger partial charge in [-0.2, -0.15) is 0 Å². The summed E-state index contributed by atoms with van der Waals surface area (Å²) in [5, 5.41) is 6.18. The molecule has 1 saturated heterocycles. The van der Waals surface area contributed by atoms with Crippen molar-refractivity contribution in [3.8, 4) is 0 Å². The number of likely N-dealkylation sites (tertiary alicyclic amines) is 1. The normalized spacial score (nSPS) is 17.5. The number of aryl methyl sites for hydroxylation is 1. The van der Waals surface area contributed by atoms with Crippen LogP contribution in [-0.4, -0.2) is 36.1 Å². The molecule has 3 nitrogen and oxygen atoms in total. The zero-order valence-electron chi connectivity index (χ0n) is 12.4. The number of nitrogens with one attached hydrogen (secondary N) is 1. The molecule has 0 spiro atoms. The first-order valence-corrected chi connectivity index (χ1v) is 7.59. The SMILES string of the molecule is CCc1ccc2ccnc(NC3CCN(C)CC3)c2c1. The van der Waals surface area contributed by atoms with Crippen molar-refractivity contribution >= 4 is 16.6 Å². The smallest absolute Gasteiger partial charge is 0.134 e. The first-order chi connectivity index (χ1) is 9.76. The van der Waals surface area contributed by atoms with Crippen molar-refractivity contribution in [2.75, 3.05) is 25.5 Å². The maximum atomic E-state index is 4.57. The van der Waals surface area contributed by atoms with Crippen LogP contribution < -0.4 is 5.32 Å². The molecule has 20 heavy (non-hydrogen) atoms. The average molecular weight is 269 g/mol. The van der Waals surface area contributed by atoms with E-state index in [-0.39, 0.29) is 0 Å². The monoisotopic (exact) mass is 269 g/mol. The molecule has 2 heterocycles. The summed E-state index contributed by atoms with van der Waals surface area (Å²) >= 11 is 0. The van der Waals surface area contributed by atoms with Crippen molar-refractivity contribution in [1.29, 1.82) is 0 Å². The highest BCUT2D eigenvalue weighted by Crippen LogP contribution is 2.24. The number of anilines is 1. The Balaban J connectivity index is 1.86. The Morgan fingerprint density at radius 1 is 1.25 bits per heavy atom. The second kappa shape index (κ2) is 5.80. The lowest BCUT2D eigenvalue weighted by Crippen LogP contribution is -2.36. The van der Waals surface area contributed by atoms with E-state index in [0.717, 1.165) is 12.2 Å². The third-order valence-electron chi connectivity index (χ3n) is 4.30. The maximum absolute atomic E-state index is 4.57. The van der Waals surface area contributed by atoms with Crippen LogP contribution in [-0.2, 0) is 6.42 Å². The second-order valence-corrected chi connectivity index (χ2v) is 5.79. The van der Waals surface area contributed by atoms with E-state index in [1.54, 1.807) is 0 Å². The molecule has 1 aliphatic heterocycles. The van der Waals surface area contributed by atoms with E-state index in [2.05, 4.69) is 53.4 Å². The number of nitrogens with zero attached hydrogens (tertiary/aromatic N) is 2. The van der Waals surface area contributed by atoms with Gasteiger partial charge in [0.25, 0.3) is 0 Å². The Kier molecular flexibility index (Phi) is 3.88. The van der Waals surface area contributed by atoms with Gasteiger partial charge in [0, 0.05) is 17.6 Å². The van der Waals surface area contributed by atoms with E-state index >= 15 is 0 Å². The number of aromatic nitrogens is 1. The predicted octanol–water partition coefficient (Wildman–Crippen LogP) is 3.30. The lowest BCUT2D eigenvalue weighted by Gasteiger charge is -2.30. The number of rotatable bonds is 3. The van der Waals surface area contributed by atoms with E-state index in [9.17, 15) is 0 Å². The van der Waals surface area contributed by atoms with Gasteiger partial charge in [-0.15, -0.1) is 0 Å². The standard InChI is InChI=1S/C17H23N3/c1-3-13-4-5-14-6-9-18-17(16(14)12-13)19-15-7-10-20(2)11-8-15/h4-6,9,12,15H,3,7-8,10-11H2,1-2H3,(H,18,19). The lowest BCUT2D eigenvalue weighted by molar-refractivity contribution is 0.264. The number of fused-ring (bicyclic) bond motifs is 1. The number of piperidine rings is 1. The Morgan fingerprint density at radius 3 is 2.80 bits per heavy atom. The molecule has 0 saturated carbocycles. The zero-order valence-corrected chi connectivity index (χ0v) is 12.4. The topological polar surface area (TPSA) is 28.2 Å². The van der Waals surface area contributed by atoms with Gasteiger partial charge < -0.3 is 10.2 Å². The minimum Gasteiger partial charge on any atom is -0.367 e. The van der Waals surface area contributed by atoms with Crippen molar-refractivity contribution in [2.24, 2.45) is 0 Å². The van der Waals surface area contributed by atoms with Crippen molar-refractivity contribution < 1.29 is 0 Å². The van der Waals surface area contributed by atoms with Gasteiger partial charge in [0.1, 0.15) is 5.82 Å². The molecule has 2 aromatic rings. The molecule has 1 aromatic carbocycles. The van der Waals surface area contributed by atoms with Gasteiger partial charge in [0.05, 0.1) is 0 Å². The second-order valence-electron chi connectivity index (χ2n) is 5.79. The van der Waals surface area contributed by atoms with E-state index in [1.165, 1.54) is 42.3 Å². The molecule has 0 amide bonds. The highest BCUT2D eigenvalue weighted by molar-refractivity contribution is 5.92. The zero-order chi connectivity index (χ0) is 13.9. The summed E-state index contributed by atoms with van der Waals surface area (Å²) in [5.41, 5.74) is 1.37. The molecule has 0 atom stereocenters. The van der Waals surface area contributed by atoms with E-state index in [0.29, 0.717) is 6.04 Å². The summed E-state index contributed by atoms with van der Waals surface area (Å²) in [6.07, 6.45) is 5.37. The lowest BCUT2D eigenvalue weighted by atomic mass is 10.0. The fourth-order valence-electron chi connectivity index (χ4n) is 2.90. The molecule has 0 bridgehead atoms. The van der Waals surface area contributed by atoms with Gasteiger partial charge in [-0.25, -0.2) is 4.98 Å². The molecular weight excluding hydrogens is 246 g/mol. The van der Waals surface area contributed by atoms with Crippen molar-refractivity contribution in [3.05, 3.63) is 36.0 Å². The predicted molar refractivity (Wildman–Crippen MR) is 85.3 cm³/mol. The van der Waals surface area contributed by atoms with Crippen LogP contribution in [0, 0.1) is 0 Å². The first kappa shape index (κ1) is 13.4. The van der Waals surface area contributed by atoms with Crippen LogP contribution in [0.3, 0.4) is 0 Å².